The van der Waals surface area contributed by atoms with Crippen LogP contribution in [0.2, 0.25) is 0 Å². The van der Waals surface area contributed by atoms with E-state index in [1.54, 1.807) is 13.0 Å². The molecule has 4 rings (SSSR count). The zero-order valence-electron chi connectivity index (χ0n) is 16.6. The van der Waals surface area contributed by atoms with Gasteiger partial charge in [-0.25, -0.2) is 4.18 Å². The first-order valence-corrected chi connectivity index (χ1v) is 11.8. The van der Waals surface area contributed by atoms with Gasteiger partial charge in [0.15, 0.2) is 5.78 Å². The predicted octanol–water partition coefficient (Wildman–Crippen LogP) is 3.52. The summed E-state index contributed by atoms with van der Waals surface area (Å²) < 4.78 is 36.8. The lowest BCUT2D eigenvalue weighted by atomic mass is 9.46. The molecule has 4 aliphatic rings. The van der Waals surface area contributed by atoms with Crippen LogP contribution in [-0.4, -0.2) is 31.1 Å². The van der Waals surface area contributed by atoms with Gasteiger partial charge in [-0.1, -0.05) is 12.5 Å². The molecule has 0 aromatic carbocycles. The summed E-state index contributed by atoms with van der Waals surface area (Å²) in [5.41, 5.74) is 0.518. The minimum absolute atomic E-state index is 0.0177. The molecule has 0 aliphatic heterocycles. The first-order valence-electron chi connectivity index (χ1n) is 10.4. The molecular formula is C21H30O6S. The van der Waals surface area contributed by atoms with E-state index in [1.165, 1.54) is 0 Å². The van der Waals surface area contributed by atoms with Gasteiger partial charge in [-0.15, -0.1) is 0 Å². The van der Waals surface area contributed by atoms with E-state index in [0.29, 0.717) is 24.7 Å². The zero-order valence-corrected chi connectivity index (χ0v) is 17.5. The third kappa shape index (κ3) is 3.10. The Hall–Kier alpha value is -1.05. The molecular weight excluding hydrogens is 380 g/mol. The van der Waals surface area contributed by atoms with Crippen molar-refractivity contribution in [2.24, 2.45) is 34.5 Å². The average Bonchev–Trinajstić information content (AvgIpc) is 2.97. The molecule has 0 heterocycles. The third-order valence-corrected chi connectivity index (χ3v) is 9.06. The molecule has 7 heteroatoms. The largest absolute Gasteiger partial charge is 0.397 e. The topological polar surface area (TPSA) is 97.7 Å². The monoisotopic (exact) mass is 410 g/mol. The summed E-state index contributed by atoms with van der Waals surface area (Å²) in [6, 6.07) is 0. The second-order valence-corrected chi connectivity index (χ2v) is 10.8. The van der Waals surface area contributed by atoms with Crippen LogP contribution in [-0.2, 0) is 24.2 Å². The standard InChI is InChI=1S/C21H30O6S/c1-13(22)17-5-6-18-16-4-3-14-11-15(23)7-10-21(14,12-27-28(24,25)26)19(16)8-9-20(17,18)2/h11,16-19H,3-10,12H2,1-2H3,(H,24,25,26)/t16-,17+,18-,19-,20+,21+/m0/s1. The maximum atomic E-state index is 12.2. The fourth-order valence-electron chi connectivity index (χ4n) is 7.48. The van der Waals surface area contributed by atoms with Crippen LogP contribution in [0.5, 0.6) is 0 Å². The molecule has 4 aliphatic carbocycles. The highest BCUT2D eigenvalue weighted by atomic mass is 32.3. The maximum Gasteiger partial charge on any atom is 0.397 e. The van der Waals surface area contributed by atoms with E-state index in [9.17, 15) is 22.6 Å². The van der Waals surface area contributed by atoms with E-state index in [0.717, 1.165) is 44.1 Å². The first kappa shape index (κ1) is 20.2. The Morgan fingerprint density at radius 2 is 1.93 bits per heavy atom. The molecule has 0 aromatic rings. The molecule has 0 radical (unpaired) electrons. The summed E-state index contributed by atoms with van der Waals surface area (Å²) in [6.45, 7) is 3.88. The second-order valence-electron chi connectivity index (χ2n) is 9.68. The van der Waals surface area contributed by atoms with Crippen LogP contribution < -0.4 is 0 Å². The molecule has 0 amide bonds. The van der Waals surface area contributed by atoms with Crippen molar-refractivity contribution in [1.82, 2.24) is 0 Å². The van der Waals surface area contributed by atoms with Gasteiger partial charge in [0.1, 0.15) is 5.78 Å². The van der Waals surface area contributed by atoms with Gasteiger partial charge in [0.05, 0.1) is 6.61 Å². The lowest BCUT2D eigenvalue weighted by molar-refractivity contribution is -0.129. The van der Waals surface area contributed by atoms with Crippen molar-refractivity contribution >= 4 is 22.0 Å². The SMILES string of the molecule is CC(=O)[C@H]1CC[C@H]2[C@@H]3CCC4=CC(=O)CC[C@]4(COS(=O)(=O)O)[C@H]3CC[C@]12C. The molecule has 3 saturated carbocycles. The lowest BCUT2D eigenvalue weighted by Crippen LogP contribution is -2.53. The molecule has 0 aromatic heterocycles. The molecule has 0 unspecified atom stereocenters. The predicted molar refractivity (Wildman–Crippen MR) is 103 cm³/mol. The Bertz CT molecular complexity index is 830. The summed E-state index contributed by atoms with van der Waals surface area (Å²) in [7, 11) is -4.54. The van der Waals surface area contributed by atoms with Gasteiger partial charge in [0.25, 0.3) is 0 Å². The molecule has 28 heavy (non-hydrogen) atoms. The van der Waals surface area contributed by atoms with Crippen LogP contribution in [0.3, 0.4) is 0 Å². The number of fused-ring (bicyclic) bond motifs is 5. The Labute approximate surface area is 167 Å². The van der Waals surface area contributed by atoms with Crippen molar-refractivity contribution in [2.45, 2.75) is 65.2 Å². The Morgan fingerprint density at radius 1 is 1.18 bits per heavy atom. The smallest absolute Gasteiger partial charge is 0.300 e. The van der Waals surface area contributed by atoms with E-state index in [-0.39, 0.29) is 35.4 Å². The molecule has 3 fully saturated rings. The minimum Gasteiger partial charge on any atom is -0.300 e. The molecule has 0 spiro atoms. The van der Waals surface area contributed by atoms with Gasteiger partial charge in [-0.3, -0.25) is 14.1 Å². The normalized spacial score (nSPS) is 43.0. The number of hydrogen-bond acceptors (Lipinski definition) is 5. The number of rotatable bonds is 4. The molecule has 0 bridgehead atoms. The average molecular weight is 411 g/mol. The van der Waals surface area contributed by atoms with Gasteiger partial charge < -0.3 is 0 Å². The molecule has 0 saturated heterocycles. The van der Waals surface area contributed by atoms with Gasteiger partial charge in [-0.05, 0) is 81.1 Å². The van der Waals surface area contributed by atoms with Crippen molar-refractivity contribution < 1.29 is 26.7 Å². The Kier molecular flexibility index (Phi) is 4.87. The highest BCUT2D eigenvalue weighted by Crippen LogP contribution is 2.66. The van der Waals surface area contributed by atoms with E-state index in [4.69, 9.17) is 4.18 Å². The summed E-state index contributed by atoms with van der Waals surface area (Å²) in [4.78, 5) is 24.3. The summed E-state index contributed by atoms with van der Waals surface area (Å²) >= 11 is 0. The number of hydrogen-bond donors (Lipinski definition) is 1. The van der Waals surface area contributed by atoms with E-state index in [1.807, 2.05) is 0 Å². The maximum absolute atomic E-state index is 12.2. The van der Waals surface area contributed by atoms with Crippen LogP contribution in [0.1, 0.15) is 65.2 Å². The van der Waals surface area contributed by atoms with Gasteiger partial charge in [-0.2, -0.15) is 8.42 Å². The van der Waals surface area contributed by atoms with Gasteiger partial charge >= 0.3 is 10.4 Å². The molecule has 156 valence electrons. The number of carbonyl (C=O) groups is 2. The van der Waals surface area contributed by atoms with E-state index in [2.05, 4.69) is 6.92 Å². The van der Waals surface area contributed by atoms with Crippen molar-refractivity contribution in [1.29, 1.82) is 0 Å². The molecule has 6 nitrogen and oxygen atoms in total. The summed E-state index contributed by atoms with van der Waals surface area (Å²) in [6.07, 6.45) is 8.23. The number of Topliss-reactive ketones (excluding diaryl/α,β-unsaturated/α-hetero) is 1. The van der Waals surface area contributed by atoms with Crippen LogP contribution in [0, 0.1) is 34.5 Å². The van der Waals surface area contributed by atoms with Crippen molar-refractivity contribution in [3.63, 3.8) is 0 Å². The van der Waals surface area contributed by atoms with Crippen LogP contribution in [0.4, 0.5) is 0 Å². The van der Waals surface area contributed by atoms with Gasteiger partial charge in [0, 0.05) is 17.8 Å². The fourth-order valence-corrected chi connectivity index (χ4v) is 7.84. The van der Waals surface area contributed by atoms with Crippen LogP contribution >= 0.6 is 0 Å². The summed E-state index contributed by atoms with van der Waals surface area (Å²) in [5, 5.41) is 0. The highest BCUT2D eigenvalue weighted by Gasteiger charge is 2.61. The van der Waals surface area contributed by atoms with Crippen molar-refractivity contribution in [3.8, 4) is 0 Å². The van der Waals surface area contributed by atoms with Crippen molar-refractivity contribution in [3.05, 3.63) is 11.6 Å². The first-order chi connectivity index (χ1) is 13.1. The minimum atomic E-state index is -4.54. The van der Waals surface area contributed by atoms with Gasteiger partial charge in [0.2, 0.25) is 0 Å². The Balaban J connectivity index is 1.70. The Morgan fingerprint density at radius 3 is 2.61 bits per heavy atom. The number of ketones is 2. The van der Waals surface area contributed by atoms with Crippen LogP contribution in [0.15, 0.2) is 11.6 Å². The molecule has 1 N–H and O–H groups in total. The third-order valence-electron chi connectivity index (χ3n) is 8.64. The van der Waals surface area contributed by atoms with E-state index >= 15 is 0 Å². The highest BCUT2D eigenvalue weighted by molar-refractivity contribution is 7.80. The van der Waals surface area contributed by atoms with E-state index < -0.39 is 15.8 Å². The number of carbonyl (C=O) groups excluding carboxylic acids is 2. The molecule has 6 atom stereocenters. The second kappa shape index (κ2) is 6.74. The van der Waals surface area contributed by atoms with Crippen molar-refractivity contribution in [2.75, 3.05) is 6.61 Å². The summed E-state index contributed by atoms with van der Waals surface area (Å²) in [5.74, 6) is 1.57. The quantitative estimate of drug-likeness (QED) is 0.712. The lowest BCUT2D eigenvalue weighted by Gasteiger charge is -2.58. The zero-order chi connectivity index (χ0) is 20.3. The van der Waals surface area contributed by atoms with Crippen LogP contribution in [0.25, 0.3) is 0 Å². The fraction of sp³-hybridized carbons (Fsp3) is 0.810.